The van der Waals surface area contributed by atoms with Gasteiger partial charge in [-0.05, 0) is 36.4 Å². The van der Waals surface area contributed by atoms with Gasteiger partial charge in [0.15, 0.2) is 5.82 Å². The average Bonchev–Trinajstić information content (AvgIpc) is 3.20. The summed E-state index contributed by atoms with van der Waals surface area (Å²) in [6, 6.07) is 2.47. The third-order valence-electron chi connectivity index (χ3n) is 3.46. The van der Waals surface area contributed by atoms with Crippen LogP contribution in [0, 0.1) is 6.92 Å². The second-order valence-electron chi connectivity index (χ2n) is 4.89. The molecule has 8 nitrogen and oxygen atoms in total. The van der Waals surface area contributed by atoms with Crippen molar-refractivity contribution in [1.82, 2.24) is 14.6 Å². The lowest BCUT2D eigenvalue weighted by Gasteiger charge is -2.22. The van der Waals surface area contributed by atoms with Crippen LogP contribution >= 0.6 is 11.3 Å². The minimum absolute atomic E-state index is 0.213. The van der Waals surface area contributed by atoms with E-state index in [0.717, 1.165) is 11.3 Å². The van der Waals surface area contributed by atoms with Crippen molar-refractivity contribution in [1.29, 1.82) is 0 Å². The number of hydrogen-bond acceptors (Lipinski definition) is 7. The van der Waals surface area contributed by atoms with Crippen LogP contribution in [0.25, 0.3) is 0 Å². The average molecular weight is 342 g/mol. The quantitative estimate of drug-likeness (QED) is 0.896. The molecule has 0 bridgehead atoms. The summed E-state index contributed by atoms with van der Waals surface area (Å²) >= 11 is 1.14. The van der Waals surface area contributed by atoms with Crippen LogP contribution in [0.3, 0.4) is 0 Å². The maximum absolute atomic E-state index is 12.6. The Morgan fingerprint density at radius 2 is 2.32 bits per heavy atom. The molecule has 0 aliphatic carbocycles. The van der Waals surface area contributed by atoms with Crippen LogP contribution in [0.2, 0.25) is 0 Å². The molecule has 1 aliphatic rings. The number of rotatable bonds is 4. The fourth-order valence-corrected chi connectivity index (χ4v) is 5.14. The van der Waals surface area contributed by atoms with Crippen molar-refractivity contribution in [2.75, 3.05) is 11.9 Å². The summed E-state index contributed by atoms with van der Waals surface area (Å²) in [5, 5.41) is 11.4. The van der Waals surface area contributed by atoms with Gasteiger partial charge in [-0.2, -0.15) is 4.31 Å². The van der Waals surface area contributed by atoms with Gasteiger partial charge in [-0.3, -0.25) is 4.79 Å². The number of nitrogens with one attached hydrogen (secondary N) is 1. The Kier molecular flexibility index (Phi) is 3.98. The molecule has 3 rings (SSSR count). The zero-order valence-electron chi connectivity index (χ0n) is 11.7. The molecular weight excluding hydrogens is 328 g/mol. The first-order valence-electron chi connectivity index (χ1n) is 6.65. The fraction of sp³-hybridized carbons (Fsp3) is 0.417. The lowest BCUT2D eigenvalue weighted by molar-refractivity contribution is -0.119. The van der Waals surface area contributed by atoms with Gasteiger partial charge in [0, 0.05) is 6.54 Å². The van der Waals surface area contributed by atoms with Gasteiger partial charge in [-0.25, -0.2) is 13.0 Å². The van der Waals surface area contributed by atoms with Crippen molar-refractivity contribution in [3.63, 3.8) is 0 Å². The standard InChI is InChI=1S/C12H14N4O4S2/c1-8-11(15-20-14-8)13-12(17)9-4-2-6-16(9)22(18,19)10-5-3-7-21-10/h3,5,7,9H,2,4,6H2,1H3,(H,13,15,17). The van der Waals surface area contributed by atoms with Gasteiger partial charge in [0.25, 0.3) is 10.0 Å². The number of hydrogen-bond donors (Lipinski definition) is 1. The van der Waals surface area contributed by atoms with E-state index >= 15 is 0 Å². The van der Waals surface area contributed by atoms with E-state index in [1.165, 1.54) is 4.31 Å². The highest BCUT2D eigenvalue weighted by Gasteiger charge is 2.40. The number of sulfonamides is 1. The van der Waals surface area contributed by atoms with Gasteiger partial charge in [0.05, 0.1) is 0 Å². The summed E-state index contributed by atoms with van der Waals surface area (Å²) in [7, 11) is -3.65. The van der Waals surface area contributed by atoms with Gasteiger partial charge in [0.1, 0.15) is 15.9 Å². The Morgan fingerprint density at radius 1 is 1.50 bits per heavy atom. The normalized spacial score (nSPS) is 19.4. The van der Waals surface area contributed by atoms with E-state index in [1.54, 1.807) is 24.4 Å². The Morgan fingerprint density at radius 3 is 2.95 bits per heavy atom. The maximum Gasteiger partial charge on any atom is 0.253 e. The van der Waals surface area contributed by atoms with Crippen LogP contribution in [0.15, 0.2) is 26.4 Å². The second-order valence-corrected chi connectivity index (χ2v) is 7.96. The number of aryl methyl sites for hydroxylation is 1. The van der Waals surface area contributed by atoms with Gasteiger partial charge in [0.2, 0.25) is 5.91 Å². The molecule has 1 fully saturated rings. The van der Waals surface area contributed by atoms with Crippen LogP contribution < -0.4 is 5.32 Å². The summed E-state index contributed by atoms with van der Waals surface area (Å²) in [5.41, 5.74) is 0.444. The van der Waals surface area contributed by atoms with Crippen LogP contribution in [0.5, 0.6) is 0 Å². The second kappa shape index (κ2) is 5.78. The molecule has 2 aromatic heterocycles. The van der Waals surface area contributed by atoms with E-state index in [4.69, 9.17) is 0 Å². The SMILES string of the molecule is Cc1nonc1NC(=O)C1CCCN1S(=O)(=O)c1cccs1. The molecule has 1 aliphatic heterocycles. The number of thiophene rings is 1. The number of carbonyl (C=O) groups is 1. The van der Waals surface area contributed by atoms with Crippen molar-refractivity contribution < 1.29 is 17.8 Å². The first-order valence-corrected chi connectivity index (χ1v) is 8.97. The fourth-order valence-electron chi connectivity index (χ4n) is 2.36. The van der Waals surface area contributed by atoms with Crippen LogP contribution in [0.1, 0.15) is 18.5 Å². The molecule has 118 valence electrons. The summed E-state index contributed by atoms with van der Waals surface area (Å²) < 4.78 is 31.2. The first-order chi connectivity index (χ1) is 10.5. The molecule has 1 unspecified atom stereocenters. The molecule has 0 spiro atoms. The Bertz CT molecular complexity index is 769. The highest BCUT2D eigenvalue weighted by molar-refractivity contribution is 7.91. The van der Waals surface area contributed by atoms with Crippen molar-refractivity contribution in [2.24, 2.45) is 0 Å². The molecule has 1 atom stereocenters. The van der Waals surface area contributed by atoms with Crippen molar-refractivity contribution >= 4 is 33.1 Å². The zero-order chi connectivity index (χ0) is 15.7. The van der Waals surface area contributed by atoms with E-state index < -0.39 is 22.0 Å². The van der Waals surface area contributed by atoms with Crippen LogP contribution in [-0.2, 0) is 14.8 Å². The molecule has 1 amide bonds. The van der Waals surface area contributed by atoms with Crippen LogP contribution in [0.4, 0.5) is 5.82 Å². The van der Waals surface area contributed by atoms with E-state index in [1.807, 2.05) is 0 Å². The summed E-state index contributed by atoms with van der Waals surface area (Å²) in [6.45, 7) is 1.97. The van der Waals surface area contributed by atoms with Crippen LogP contribution in [-0.4, -0.2) is 41.5 Å². The maximum atomic E-state index is 12.6. The van der Waals surface area contributed by atoms with Gasteiger partial charge < -0.3 is 5.32 Å². The minimum atomic E-state index is -3.65. The lowest BCUT2D eigenvalue weighted by atomic mass is 10.2. The Hall–Kier alpha value is -1.78. The number of aromatic nitrogens is 2. The van der Waals surface area contributed by atoms with E-state index in [-0.39, 0.29) is 10.0 Å². The molecule has 1 saturated heterocycles. The molecule has 2 aromatic rings. The minimum Gasteiger partial charge on any atom is -0.305 e. The summed E-state index contributed by atoms with van der Waals surface area (Å²) in [4.78, 5) is 12.4. The monoisotopic (exact) mass is 342 g/mol. The Labute approximate surface area is 131 Å². The number of anilines is 1. The molecule has 22 heavy (non-hydrogen) atoms. The molecule has 0 saturated carbocycles. The summed E-state index contributed by atoms with van der Waals surface area (Å²) in [6.07, 6.45) is 1.11. The van der Waals surface area contributed by atoms with Gasteiger partial charge in [-0.1, -0.05) is 11.2 Å². The van der Waals surface area contributed by atoms with Gasteiger partial charge >= 0.3 is 0 Å². The first kappa shape index (κ1) is 15.1. The topological polar surface area (TPSA) is 105 Å². The number of carbonyl (C=O) groups excluding carboxylic acids is 1. The predicted octanol–water partition coefficient (Wildman–Crippen LogP) is 1.23. The van der Waals surface area contributed by atoms with E-state index in [9.17, 15) is 13.2 Å². The highest BCUT2D eigenvalue weighted by atomic mass is 32.2. The third kappa shape index (κ3) is 2.64. The lowest BCUT2D eigenvalue weighted by Crippen LogP contribution is -2.43. The summed E-state index contributed by atoms with van der Waals surface area (Å²) in [5.74, 6) is -0.207. The number of amides is 1. The molecule has 1 N–H and O–H groups in total. The molecule has 3 heterocycles. The highest BCUT2D eigenvalue weighted by Crippen LogP contribution is 2.29. The van der Waals surface area contributed by atoms with E-state index in [0.29, 0.717) is 25.1 Å². The zero-order valence-corrected chi connectivity index (χ0v) is 13.4. The number of nitrogens with zero attached hydrogens (tertiary/aromatic N) is 3. The van der Waals surface area contributed by atoms with Gasteiger partial charge in [-0.15, -0.1) is 11.3 Å². The Balaban J connectivity index is 1.81. The third-order valence-corrected chi connectivity index (χ3v) is 6.74. The van der Waals surface area contributed by atoms with Crippen molar-refractivity contribution in [3.05, 3.63) is 23.2 Å². The van der Waals surface area contributed by atoms with E-state index in [2.05, 4.69) is 20.3 Å². The molecule has 10 heteroatoms. The molecule has 0 radical (unpaired) electrons. The smallest absolute Gasteiger partial charge is 0.253 e. The largest absolute Gasteiger partial charge is 0.305 e. The molecule has 0 aromatic carbocycles. The van der Waals surface area contributed by atoms with Crippen molar-refractivity contribution in [2.45, 2.75) is 30.0 Å². The van der Waals surface area contributed by atoms with Crippen molar-refractivity contribution in [3.8, 4) is 0 Å². The molecular formula is C12H14N4O4S2. The predicted molar refractivity (Wildman–Crippen MR) is 78.9 cm³/mol.